The van der Waals surface area contributed by atoms with Crippen LogP contribution < -0.4 is 0 Å². The Morgan fingerprint density at radius 1 is 0.784 bits per heavy atom. The fourth-order valence-corrected chi connectivity index (χ4v) is 11.5. The highest BCUT2D eigenvalue weighted by Crippen LogP contribution is 2.77. The predicted molar refractivity (Wildman–Crippen MR) is 141 cm³/mol. The van der Waals surface area contributed by atoms with Crippen LogP contribution in [-0.4, -0.2) is 32.4 Å². The summed E-state index contributed by atoms with van der Waals surface area (Å²) in [5.74, 6) is -1.40. The molecule has 4 fully saturated rings. The molecule has 0 amide bonds. The first kappa shape index (κ1) is 26.9. The van der Waals surface area contributed by atoms with Gasteiger partial charge in [-0.05, 0) is 115 Å². The van der Waals surface area contributed by atoms with E-state index in [0.29, 0.717) is 24.7 Å². The van der Waals surface area contributed by atoms with Gasteiger partial charge in [-0.1, -0.05) is 34.6 Å². The quantitative estimate of drug-likeness (QED) is 0.312. The molecule has 37 heavy (non-hydrogen) atoms. The third kappa shape index (κ3) is 3.35. The van der Waals surface area contributed by atoms with E-state index >= 15 is 0 Å². The molecule has 0 saturated heterocycles. The number of hydrogen-bond donors (Lipinski definition) is 4. The summed E-state index contributed by atoms with van der Waals surface area (Å²) in [7, 11) is 0. The lowest BCUT2D eigenvalue weighted by molar-refractivity contribution is -0.244. The number of aliphatic hydroxyl groups excluding tert-OH is 2. The van der Waals surface area contributed by atoms with Gasteiger partial charge < -0.3 is 20.4 Å². The second-order valence-corrected chi connectivity index (χ2v) is 15.6. The smallest absolute Gasteiger partial charge is 0.317 e. The fraction of sp³-hybridized carbons (Fsp3) is 0.871. The van der Waals surface area contributed by atoms with Crippen molar-refractivity contribution in [3.63, 3.8) is 0 Å². The summed E-state index contributed by atoms with van der Waals surface area (Å²) in [6.07, 6.45) is 9.34. The van der Waals surface area contributed by atoms with Crippen molar-refractivity contribution in [1.29, 1.82) is 0 Å². The number of aliphatic carboxylic acids is 2. The molecule has 5 rings (SSSR count). The van der Waals surface area contributed by atoms with Gasteiger partial charge in [-0.15, -0.1) is 0 Å². The van der Waals surface area contributed by atoms with Crippen LogP contribution in [0.15, 0.2) is 11.5 Å². The van der Waals surface area contributed by atoms with Crippen LogP contribution in [0, 0.1) is 56.2 Å². The Morgan fingerprint density at radius 3 is 2.05 bits per heavy atom. The van der Waals surface area contributed by atoms with E-state index in [1.165, 1.54) is 0 Å². The van der Waals surface area contributed by atoms with Gasteiger partial charge in [-0.2, -0.15) is 0 Å². The van der Waals surface area contributed by atoms with E-state index in [1.54, 1.807) is 6.92 Å². The maximum absolute atomic E-state index is 12.5. The summed E-state index contributed by atoms with van der Waals surface area (Å²) >= 11 is 0. The van der Waals surface area contributed by atoms with Gasteiger partial charge in [0.05, 0.1) is 6.42 Å². The average Bonchev–Trinajstić information content (AvgIpc) is 2.78. The highest BCUT2D eigenvalue weighted by atomic mass is 16.4. The van der Waals surface area contributed by atoms with Crippen LogP contribution in [0.1, 0.15) is 112 Å². The molecule has 0 spiro atoms. The summed E-state index contributed by atoms with van der Waals surface area (Å²) in [5.41, 5.74) is -1.81. The zero-order valence-corrected chi connectivity index (χ0v) is 23.7. The summed E-state index contributed by atoms with van der Waals surface area (Å²) in [5, 5.41) is 41.9. The lowest BCUT2D eigenvalue weighted by Gasteiger charge is -2.73. The van der Waals surface area contributed by atoms with Gasteiger partial charge >= 0.3 is 11.9 Å². The number of hydrogen-bond acceptors (Lipinski definition) is 4. The SMILES string of the molecule is CC1(C)CC[C@]2(CC(=O)O)CC[C@]3(C)[C@H](CC[C@@H]4[C@@]5(C)CC(O)=C(O)C(C)(C(=O)O)C5CC[C@]43C)[C@H]2C1. The van der Waals surface area contributed by atoms with Crippen LogP contribution in [-0.2, 0) is 9.59 Å². The molecule has 4 N–H and O–H groups in total. The van der Waals surface area contributed by atoms with Gasteiger partial charge in [-0.25, -0.2) is 0 Å². The third-order valence-corrected chi connectivity index (χ3v) is 13.6. The molecule has 2 unspecified atom stereocenters. The van der Waals surface area contributed by atoms with Gasteiger partial charge in [-0.3, -0.25) is 9.59 Å². The molecule has 5 aliphatic rings. The molecule has 0 aromatic rings. The van der Waals surface area contributed by atoms with E-state index in [0.717, 1.165) is 51.4 Å². The molecule has 0 aromatic carbocycles. The molecule has 6 nitrogen and oxygen atoms in total. The van der Waals surface area contributed by atoms with E-state index in [4.69, 9.17) is 0 Å². The second kappa shape index (κ2) is 7.91. The van der Waals surface area contributed by atoms with Gasteiger partial charge in [0.15, 0.2) is 0 Å². The number of carboxylic acids is 2. The minimum absolute atomic E-state index is 0.0302. The standard InChI is InChI=1S/C31H48O6/c1-26(2)11-13-31(17-23(33)34)14-12-28(4)18(19(31)15-26)7-8-21-27(3)16-20(32)24(35)30(6,25(36)37)22(27)9-10-29(21,28)5/h18-19,21-22,32,35H,7-17H2,1-6H3,(H,33,34)(H,36,37)/t18-,19-,21-,22?,27-,28-,29-,30?,31-/m1/s1. The lowest BCUT2D eigenvalue weighted by Crippen LogP contribution is -2.67. The summed E-state index contributed by atoms with van der Waals surface area (Å²) in [6.45, 7) is 13.4. The molecule has 6 heteroatoms. The summed E-state index contributed by atoms with van der Waals surface area (Å²) in [4.78, 5) is 24.6. The largest absolute Gasteiger partial charge is 0.509 e. The van der Waals surface area contributed by atoms with Crippen LogP contribution in [0.5, 0.6) is 0 Å². The van der Waals surface area contributed by atoms with Crippen LogP contribution in [0.3, 0.4) is 0 Å². The number of fused-ring (bicyclic) bond motifs is 7. The van der Waals surface area contributed by atoms with Crippen molar-refractivity contribution in [2.75, 3.05) is 0 Å². The molecule has 0 aromatic heterocycles. The Labute approximate surface area is 221 Å². The number of carbonyl (C=O) groups is 2. The van der Waals surface area contributed by atoms with E-state index < -0.39 is 22.8 Å². The molecular weight excluding hydrogens is 468 g/mol. The van der Waals surface area contributed by atoms with Crippen LogP contribution in [0.2, 0.25) is 0 Å². The zero-order valence-electron chi connectivity index (χ0n) is 23.7. The van der Waals surface area contributed by atoms with Gasteiger partial charge in [0.2, 0.25) is 0 Å². The zero-order chi connectivity index (χ0) is 27.4. The fourth-order valence-electron chi connectivity index (χ4n) is 11.5. The van der Waals surface area contributed by atoms with E-state index in [9.17, 15) is 30.0 Å². The minimum Gasteiger partial charge on any atom is -0.509 e. The highest BCUT2D eigenvalue weighted by molar-refractivity contribution is 5.78. The molecule has 4 saturated carbocycles. The number of carboxylic acid groups (broad SMARTS) is 2. The predicted octanol–water partition coefficient (Wildman–Crippen LogP) is 7.34. The molecular formula is C31H48O6. The molecule has 0 heterocycles. The molecule has 0 radical (unpaired) electrons. The Bertz CT molecular complexity index is 1050. The van der Waals surface area contributed by atoms with Crippen molar-refractivity contribution in [2.24, 2.45) is 56.2 Å². The van der Waals surface area contributed by atoms with E-state index in [1.807, 2.05) is 0 Å². The third-order valence-electron chi connectivity index (χ3n) is 13.6. The first-order valence-corrected chi connectivity index (χ1v) is 14.5. The molecule has 0 aliphatic heterocycles. The number of aliphatic hydroxyl groups is 2. The van der Waals surface area contributed by atoms with Crippen molar-refractivity contribution in [2.45, 2.75) is 112 Å². The van der Waals surface area contributed by atoms with Gasteiger partial charge in [0.25, 0.3) is 0 Å². The lowest BCUT2D eigenvalue weighted by atomic mass is 9.31. The molecule has 0 bridgehead atoms. The van der Waals surface area contributed by atoms with Crippen molar-refractivity contribution < 1.29 is 30.0 Å². The van der Waals surface area contributed by atoms with E-state index in [-0.39, 0.29) is 51.4 Å². The van der Waals surface area contributed by atoms with Crippen LogP contribution in [0.25, 0.3) is 0 Å². The number of rotatable bonds is 3. The van der Waals surface area contributed by atoms with Crippen LogP contribution >= 0.6 is 0 Å². The van der Waals surface area contributed by atoms with Gasteiger partial charge in [0, 0.05) is 6.42 Å². The first-order valence-electron chi connectivity index (χ1n) is 14.5. The summed E-state index contributed by atoms with van der Waals surface area (Å²) in [6, 6.07) is 0. The Hall–Kier alpha value is -1.72. The van der Waals surface area contributed by atoms with Gasteiger partial charge in [0.1, 0.15) is 16.9 Å². The van der Waals surface area contributed by atoms with Crippen molar-refractivity contribution in [3.05, 3.63) is 11.5 Å². The first-order chi connectivity index (χ1) is 17.0. The molecule has 208 valence electrons. The number of allylic oxidation sites excluding steroid dienone is 1. The minimum atomic E-state index is -1.48. The van der Waals surface area contributed by atoms with Crippen molar-refractivity contribution in [1.82, 2.24) is 0 Å². The maximum Gasteiger partial charge on any atom is 0.317 e. The van der Waals surface area contributed by atoms with Crippen LogP contribution in [0.4, 0.5) is 0 Å². The Morgan fingerprint density at radius 2 is 1.43 bits per heavy atom. The molecule has 5 aliphatic carbocycles. The Kier molecular flexibility index (Phi) is 5.74. The Balaban J connectivity index is 1.57. The average molecular weight is 517 g/mol. The maximum atomic E-state index is 12.5. The second-order valence-electron chi connectivity index (χ2n) is 15.6. The normalized spacial score (nSPS) is 50.8. The summed E-state index contributed by atoms with van der Waals surface area (Å²) < 4.78 is 0. The molecule has 9 atom stereocenters. The van der Waals surface area contributed by atoms with Crippen molar-refractivity contribution in [3.8, 4) is 0 Å². The monoisotopic (exact) mass is 516 g/mol. The van der Waals surface area contributed by atoms with Crippen molar-refractivity contribution >= 4 is 11.9 Å². The topological polar surface area (TPSA) is 115 Å². The highest BCUT2D eigenvalue weighted by Gasteiger charge is 2.71. The van der Waals surface area contributed by atoms with E-state index in [2.05, 4.69) is 34.6 Å².